The van der Waals surface area contributed by atoms with E-state index in [1.54, 1.807) is 45.7 Å². The van der Waals surface area contributed by atoms with Crippen LogP contribution in [-0.2, 0) is 4.79 Å². The van der Waals surface area contributed by atoms with Crippen molar-refractivity contribution < 1.29 is 19.0 Å². The molecule has 1 N–H and O–H groups in total. The molecule has 9 heteroatoms. The summed E-state index contributed by atoms with van der Waals surface area (Å²) in [5.41, 5.74) is 1.59. The van der Waals surface area contributed by atoms with Gasteiger partial charge in [0.25, 0.3) is 0 Å². The molecule has 1 amide bonds. The predicted molar refractivity (Wildman–Crippen MR) is 127 cm³/mol. The summed E-state index contributed by atoms with van der Waals surface area (Å²) in [4.78, 5) is 21.6. The van der Waals surface area contributed by atoms with Crippen molar-refractivity contribution >= 4 is 17.5 Å². The van der Waals surface area contributed by atoms with Gasteiger partial charge in [0.2, 0.25) is 11.9 Å². The zero-order valence-electron chi connectivity index (χ0n) is 19.2. The number of imidazole rings is 1. The lowest BCUT2D eigenvalue weighted by molar-refractivity contribution is -0.117. The first-order valence-electron chi connectivity index (χ1n) is 10.8. The highest BCUT2D eigenvalue weighted by Crippen LogP contribution is 2.29. The van der Waals surface area contributed by atoms with Crippen LogP contribution in [0.25, 0.3) is 5.69 Å². The number of amides is 1. The molecule has 4 rings (SSSR count). The van der Waals surface area contributed by atoms with Gasteiger partial charge in [0.15, 0.2) is 0 Å². The second kappa shape index (κ2) is 10.3. The summed E-state index contributed by atoms with van der Waals surface area (Å²) in [6.45, 7) is 3.37. The number of piperazine rings is 1. The Bertz CT molecular complexity index is 1090. The Kier molecular flexibility index (Phi) is 6.99. The SMILES string of the molecule is COc1cccc(-n2ccnc2N2CCN(CC(=O)Nc3cc(OC)ccc3OC)CC2)c1. The lowest BCUT2D eigenvalue weighted by Gasteiger charge is -2.35. The van der Waals surface area contributed by atoms with Crippen molar-refractivity contribution in [2.75, 3.05) is 64.3 Å². The molecule has 9 nitrogen and oxygen atoms in total. The minimum absolute atomic E-state index is 0.0899. The Morgan fingerprint density at radius 2 is 1.73 bits per heavy atom. The van der Waals surface area contributed by atoms with E-state index >= 15 is 0 Å². The number of hydrogen-bond acceptors (Lipinski definition) is 7. The van der Waals surface area contributed by atoms with E-state index in [9.17, 15) is 4.79 Å². The van der Waals surface area contributed by atoms with Crippen molar-refractivity contribution in [1.29, 1.82) is 0 Å². The molecular weight excluding hydrogens is 422 g/mol. The van der Waals surface area contributed by atoms with E-state index in [4.69, 9.17) is 14.2 Å². The summed E-state index contributed by atoms with van der Waals surface area (Å²) in [5, 5.41) is 2.94. The van der Waals surface area contributed by atoms with Crippen molar-refractivity contribution in [1.82, 2.24) is 14.5 Å². The number of carbonyl (C=O) groups excluding carboxylic acids is 1. The summed E-state index contributed by atoms with van der Waals surface area (Å²) in [5.74, 6) is 2.85. The Hall–Kier alpha value is -3.72. The monoisotopic (exact) mass is 451 g/mol. The summed E-state index contributed by atoms with van der Waals surface area (Å²) < 4.78 is 18.0. The largest absolute Gasteiger partial charge is 0.497 e. The average molecular weight is 452 g/mol. The Morgan fingerprint density at radius 1 is 0.970 bits per heavy atom. The minimum Gasteiger partial charge on any atom is -0.497 e. The lowest BCUT2D eigenvalue weighted by Crippen LogP contribution is -2.49. The van der Waals surface area contributed by atoms with Crippen LogP contribution in [0.2, 0.25) is 0 Å². The minimum atomic E-state index is -0.0899. The third kappa shape index (κ3) is 5.20. The number of ether oxygens (including phenoxy) is 3. The van der Waals surface area contributed by atoms with Gasteiger partial charge in [-0.2, -0.15) is 0 Å². The molecule has 0 saturated carbocycles. The van der Waals surface area contributed by atoms with Crippen LogP contribution in [0.5, 0.6) is 17.2 Å². The van der Waals surface area contributed by atoms with Crippen molar-refractivity contribution in [3.63, 3.8) is 0 Å². The van der Waals surface area contributed by atoms with E-state index in [2.05, 4.69) is 24.7 Å². The highest BCUT2D eigenvalue weighted by atomic mass is 16.5. The van der Waals surface area contributed by atoms with Gasteiger partial charge >= 0.3 is 0 Å². The van der Waals surface area contributed by atoms with E-state index in [1.165, 1.54) is 0 Å². The van der Waals surface area contributed by atoms with E-state index in [1.807, 2.05) is 30.5 Å². The molecule has 0 unspecified atom stereocenters. The molecule has 0 radical (unpaired) electrons. The number of anilines is 2. The van der Waals surface area contributed by atoms with Crippen molar-refractivity contribution in [2.45, 2.75) is 0 Å². The fourth-order valence-corrected chi connectivity index (χ4v) is 3.90. The van der Waals surface area contributed by atoms with E-state index < -0.39 is 0 Å². The third-order valence-electron chi connectivity index (χ3n) is 5.66. The molecule has 1 fully saturated rings. The predicted octanol–water partition coefficient (Wildman–Crippen LogP) is 2.66. The number of nitrogens with zero attached hydrogens (tertiary/aromatic N) is 4. The summed E-state index contributed by atoms with van der Waals surface area (Å²) in [6, 6.07) is 13.2. The standard InChI is InChI=1S/C24H29N5O4/c1-31-19-6-4-5-18(15-19)29-10-9-25-24(29)28-13-11-27(12-14-28)17-23(30)26-21-16-20(32-2)7-8-22(21)33-3/h4-10,15-16H,11-14,17H2,1-3H3,(H,26,30). The van der Waals surface area contributed by atoms with Gasteiger partial charge in [-0.1, -0.05) is 6.07 Å². The van der Waals surface area contributed by atoms with Gasteiger partial charge in [-0.05, 0) is 24.3 Å². The normalized spacial score (nSPS) is 14.1. The molecule has 1 aliphatic rings. The maximum atomic E-state index is 12.7. The van der Waals surface area contributed by atoms with Crippen LogP contribution < -0.4 is 24.4 Å². The van der Waals surface area contributed by atoms with Crippen LogP contribution in [0.4, 0.5) is 11.6 Å². The highest BCUT2D eigenvalue weighted by Gasteiger charge is 2.22. The van der Waals surface area contributed by atoms with Crippen LogP contribution in [0.15, 0.2) is 54.9 Å². The molecular formula is C24H29N5O4. The first-order chi connectivity index (χ1) is 16.1. The molecule has 0 atom stereocenters. The molecule has 1 aromatic heterocycles. The molecule has 1 aliphatic heterocycles. The van der Waals surface area contributed by atoms with Gasteiger partial charge in [-0.15, -0.1) is 0 Å². The molecule has 3 aromatic rings. The van der Waals surface area contributed by atoms with Crippen LogP contribution in [0.3, 0.4) is 0 Å². The average Bonchev–Trinajstić information content (AvgIpc) is 3.34. The number of carbonyl (C=O) groups is 1. The molecule has 0 spiro atoms. The van der Waals surface area contributed by atoms with Crippen LogP contribution in [0, 0.1) is 0 Å². The van der Waals surface area contributed by atoms with Gasteiger partial charge in [0.05, 0.1) is 39.2 Å². The lowest BCUT2D eigenvalue weighted by atomic mass is 10.2. The number of aromatic nitrogens is 2. The Morgan fingerprint density at radius 3 is 2.45 bits per heavy atom. The van der Waals surface area contributed by atoms with Crippen LogP contribution >= 0.6 is 0 Å². The van der Waals surface area contributed by atoms with E-state index in [0.29, 0.717) is 23.7 Å². The van der Waals surface area contributed by atoms with Gasteiger partial charge < -0.3 is 24.4 Å². The number of rotatable bonds is 8. The van der Waals surface area contributed by atoms with Gasteiger partial charge in [-0.25, -0.2) is 4.98 Å². The van der Waals surface area contributed by atoms with E-state index in [0.717, 1.165) is 43.6 Å². The van der Waals surface area contributed by atoms with Crippen LogP contribution in [-0.4, -0.2) is 74.4 Å². The smallest absolute Gasteiger partial charge is 0.238 e. The van der Waals surface area contributed by atoms with Crippen molar-refractivity contribution in [3.05, 3.63) is 54.9 Å². The zero-order chi connectivity index (χ0) is 23.2. The summed E-state index contributed by atoms with van der Waals surface area (Å²) >= 11 is 0. The first kappa shape index (κ1) is 22.5. The van der Waals surface area contributed by atoms with Gasteiger partial charge in [0.1, 0.15) is 17.2 Å². The Balaban J connectivity index is 1.36. The number of nitrogens with one attached hydrogen (secondary N) is 1. The number of methoxy groups -OCH3 is 3. The van der Waals surface area contributed by atoms with Crippen molar-refractivity contribution in [2.24, 2.45) is 0 Å². The zero-order valence-corrected chi connectivity index (χ0v) is 19.2. The highest BCUT2D eigenvalue weighted by molar-refractivity contribution is 5.94. The number of benzene rings is 2. The second-order valence-corrected chi connectivity index (χ2v) is 7.68. The molecule has 0 aliphatic carbocycles. The number of hydrogen-bond donors (Lipinski definition) is 1. The molecule has 2 heterocycles. The fraction of sp³-hybridized carbons (Fsp3) is 0.333. The maximum absolute atomic E-state index is 12.7. The van der Waals surface area contributed by atoms with Crippen molar-refractivity contribution in [3.8, 4) is 22.9 Å². The summed E-state index contributed by atoms with van der Waals surface area (Å²) in [6.07, 6.45) is 3.75. The molecule has 174 valence electrons. The molecule has 0 bridgehead atoms. The van der Waals surface area contributed by atoms with E-state index in [-0.39, 0.29) is 5.91 Å². The van der Waals surface area contributed by atoms with Gasteiger partial charge in [0, 0.05) is 50.7 Å². The Labute approximate surface area is 193 Å². The topological polar surface area (TPSA) is 81.1 Å². The second-order valence-electron chi connectivity index (χ2n) is 7.68. The maximum Gasteiger partial charge on any atom is 0.238 e. The molecule has 1 saturated heterocycles. The first-order valence-corrected chi connectivity index (χ1v) is 10.8. The fourth-order valence-electron chi connectivity index (χ4n) is 3.90. The third-order valence-corrected chi connectivity index (χ3v) is 5.66. The summed E-state index contributed by atoms with van der Waals surface area (Å²) in [7, 11) is 4.83. The quantitative estimate of drug-likeness (QED) is 0.564. The van der Waals surface area contributed by atoms with Crippen LogP contribution in [0.1, 0.15) is 0 Å². The molecule has 33 heavy (non-hydrogen) atoms. The molecule has 2 aromatic carbocycles. The van der Waals surface area contributed by atoms with Gasteiger partial charge in [-0.3, -0.25) is 14.3 Å².